The second-order valence-electron chi connectivity index (χ2n) is 24.8. The Hall–Kier alpha value is -14.1. The Bertz CT molecular complexity index is 10300. The minimum atomic E-state index is -3.97. The van der Waals surface area contributed by atoms with E-state index in [9.17, 15) is 74.3 Å². The summed E-state index contributed by atoms with van der Waals surface area (Å²) in [4.78, 5) is 130. The molecule has 0 bridgehead atoms. The standard InChI is InChI=1S/5C19H22N4O2/c5*1-14-6-5-9-22(12-14)17-10-18(24)21(2)19(25)23(17)13-16-8-4-3-7-15(16)11-20/h5*3-4,7-8,10,14H,5-6,9,12-13H2,1-2H3/t5*14-/m11111/s1/i2D3,3D,4D,5D2,6D2,7D,8D,9D2,12D2,13D2,14D;3D,4D,5D2,6D2,7D,8D,9D2,12D2,13D2,14D;2D3,3D,4D,5D2,6D2,7D,8D,9D2,12D2,14D;2D3,5D2,6D2,9D2,12D2,13D2,14D;5D2,6D2,9D2,12D2,13D2,14D. The lowest BCUT2D eigenvalue weighted by Crippen LogP contribution is -2.44. The number of hydrogen-bond acceptors (Lipinski definition) is 20. The van der Waals surface area contributed by atoms with Gasteiger partial charge in [0.1, 0.15) is 29.1 Å². The van der Waals surface area contributed by atoms with Gasteiger partial charge in [-0.25, -0.2) is 24.0 Å². The Kier molecular flexibility index (Phi) is 11.9. The number of hydrogen-bond donors (Lipinski definition) is 0. The molecule has 0 aliphatic carbocycles. The molecule has 0 amide bonds. The van der Waals surface area contributed by atoms with E-state index in [1.807, 2.05) is 0 Å². The zero-order valence-electron chi connectivity index (χ0n) is 139. The molecule has 5 aromatic heterocycles. The average molecular weight is 1770 g/mol. The predicted molar refractivity (Wildman–Crippen MR) is 484 cm³/mol. The molecule has 5 saturated heterocycles. The molecular formula is C95H110N20O10. The van der Waals surface area contributed by atoms with Gasteiger partial charge in [-0.3, -0.25) is 69.6 Å². The van der Waals surface area contributed by atoms with Crippen LogP contribution in [0.25, 0.3) is 0 Å². The van der Waals surface area contributed by atoms with Crippen LogP contribution in [0.4, 0.5) is 29.1 Å². The molecule has 5 aliphatic heterocycles. The van der Waals surface area contributed by atoms with Crippen molar-refractivity contribution in [3.63, 3.8) is 0 Å². The van der Waals surface area contributed by atoms with Crippen molar-refractivity contribution >= 4 is 29.1 Å². The third-order valence-electron chi connectivity index (χ3n) is 16.4. The van der Waals surface area contributed by atoms with Gasteiger partial charge in [-0.05, 0) is 151 Å². The van der Waals surface area contributed by atoms with E-state index in [-0.39, 0.29) is 81.9 Å². The van der Waals surface area contributed by atoms with Crippen LogP contribution in [0.1, 0.15) is 255 Å². The van der Waals surface area contributed by atoms with Gasteiger partial charge in [-0.1, -0.05) is 125 Å². The zero-order valence-corrected chi connectivity index (χ0v) is 65.2. The monoisotopic (exact) mass is 1770 g/mol. The van der Waals surface area contributed by atoms with E-state index in [2.05, 4.69) is 0 Å². The molecule has 0 unspecified atom stereocenters. The van der Waals surface area contributed by atoms with E-state index in [1.54, 1.807) is 12.1 Å². The van der Waals surface area contributed by atoms with Crippen LogP contribution < -0.4 is 80.7 Å². The van der Waals surface area contributed by atoms with Crippen molar-refractivity contribution in [2.45, 2.75) is 131 Å². The van der Waals surface area contributed by atoms with E-state index in [4.69, 9.17) is 101 Å². The number of anilines is 5. The molecular weight excluding hydrogens is 1580 g/mol. The smallest absolute Gasteiger partial charge is 0.332 e. The fourth-order valence-corrected chi connectivity index (χ4v) is 10.3. The summed E-state index contributed by atoms with van der Waals surface area (Å²) in [5, 5.41) is 47.9. The number of nitrogens with zero attached hydrogens (tertiary/aromatic N) is 20. The van der Waals surface area contributed by atoms with Crippen molar-refractivity contribution in [1.82, 2.24) is 45.7 Å². The molecule has 10 heterocycles. The summed E-state index contributed by atoms with van der Waals surface area (Å²) in [7, 11) is 1.85. The van der Waals surface area contributed by atoms with Crippen LogP contribution in [0.5, 0.6) is 0 Å². The third-order valence-corrected chi connectivity index (χ3v) is 16.4. The van der Waals surface area contributed by atoms with E-state index >= 15 is 0 Å². The molecule has 10 aromatic rings. The lowest BCUT2D eigenvalue weighted by Gasteiger charge is -2.34. The second-order valence-corrected chi connectivity index (χ2v) is 24.8. The molecule has 0 N–H and O–H groups in total. The zero-order chi connectivity index (χ0) is 155. The van der Waals surface area contributed by atoms with E-state index in [1.165, 1.54) is 48.5 Å². The molecule has 30 nitrogen and oxygen atoms in total. The van der Waals surface area contributed by atoms with Crippen molar-refractivity contribution in [2.24, 2.45) is 64.5 Å². The first-order valence-corrected chi connectivity index (χ1v) is 34.9. The lowest BCUT2D eigenvalue weighted by molar-refractivity contribution is 0.437. The Balaban J connectivity index is 0.000000229. The molecule has 15 rings (SSSR count). The van der Waals surface area contributed by atoms with Crippen molar-refractivity contribution in [3.8, 4) is 30.3 Å². The molecule has 30 heteroatoms. The summed E-state index contributed by atoms with van der Waals surface area (Å²) in [5.41, 5.74) is -23.8. The predicted octanol–water partition coefficient (Wildman–Crippen LogP) is 8.52. The Morgan fingerprint density at radius 1 is 0.336 bits per heavy atom. The topological polar surface area (TPSA) is 355 Å². The maximum absolute atomic E-state index is 13.7. The molecule has 125 heavy (non-hydrogen) atoms. The molecule has 650 valence electrons. The van der Waals surface area contributed by atoms with Gasteiger partial charge < -0.3 is 24.5 Å². The van der Waals surface area contributed by atoms with Crippen LogP contribution in [0.3, 0.4) is 0 Å². The van der Waals surface area contributed by atoms with Crippen molar-refractivity contribution in [3.05, 3.63) is 311 Å². The van der Waals surface area contributed by atoms with Crippen molar-refractivity contribution < 1.29 is 101 Å². The average Bonchev–Trinajstić information content (AvgIpc) is 0.680. The number of aromatic nitrogens is 10. The normalized spacial score (nSPS) is 37.8. The minimum Gasteiger partial charge on any atom is -0.357 e. The highest BCUT2D eigenvalue weighted by atomic mass is 16.2. The molecule has 5 aromatic carbocycles. The Morgan fingerprint density at radius 2 is 0.568 bits per heavy atom. The third kappa shape index (κ3) is 22.1. The highest BCUT2D eigenvalue weighted by Crippen LogP contribution is 2.29. The van der Waals surface area contributed by atoms with Gasteiger partial charge in [-0.2, -0.15) is 26.3 Å². The van der Waals surface area contributed by atoms with Crippen LogP contribution in [-0.2, 0) is 67.6 Å². The van der Waals surface area contributed by atoms with Gasteiger partial charge in [0.25, 0.3) is 27.8 Å². The summed E-state index contributed by atoms with van der Waals surface area (Å²) < 4.78 is 610. The molecule has 5 atom stereocenters. The lowest BCUT2D eigenvalue weighted by atomic mass is 10.0. The number of benzene rings is 5. The van der Waals surface area contributed by atoms with E-state index < -0.39 is 422 Å². The summed E-state index contributed by atoms with van der Waals surface area (Å²) >= 11 is 0. The van der Waals surface area contributed by atoms with Gasteiger partial charge in [0, 0.05) is 204 Å². The van der Waals surface area contributed by atoms with Gasteiger partial charge in [-0.15, -0.1) is 0 Å². The van der Waals surface area contributed by atoms with Crippen LogP contribution >= 0.6 is 0 Å². The summed E-state index contributed by atoms with van der Waals surface area (Å²) in [6.07, 6.45) is -36.3. The summed E-state index contributed by atoms with van der Waals surface area (Å²) in [6, 6.07) is 7.03. The largest absolute Gasteiger partial charge is 0.357 e. The van der Waals surface area contributed by atoms with E-state index in [0.29, 0.717) is 55.9 Å². The van der Waals surface area contributed by atoms with Gasteiger partial charge >= 0.3 is 28.4 Å². The van der Waals surface area contributed by atoms with Crippen molar-refractivity contribution in [1.29, 1.82) is 26.3 Å². The first kappa shape index (κ1) is 35.3. The maximum Gasteiger partial charge on any atom is 0.332 e. The number of piperidine rings is 5. The summed E-state index contributed by atoms with van der Waals surface area (Å²) in [6.45, 7) is -59.4. The summed E-state index contributed by atoms with van der Waals surface area (Å²) in [5.74, 6) is -22.3. The van der Waals surface area contributed by atoms with Crippen molar-refractivity contribution in [2.75, 3.05) is 89.5 Å². The fraction of sp³-hybridized carbons (Fsp3) is 0.421. The Labute approximate surface area is 829 Å². The van der Waals surface area contributed by atoms with Crippen LogP contribution in [0.15, 0.2) is 199 Å². The van der Waals surface area contributed by atoms with Crippen LogP contribution in [0.2, 0.25) is 0 Å². The second kappa shape index (κ2) is 42.2. The molecule has 0 spiro atoms. The van der Waals surface area contributed by atoms with E-state index in [0.717, 1.165) is 32.3 Å². The van der Waals surface area contributed by atoms with Gasteiger partial charge in [0.2, 0.25) is 0 Å². The SMILES string of the molecule is [2H]C([2H])([2H])n1c(=O)cc(N2C([2H])([2H])C([2H])([2H])C([2H])([2H])[C@@]([2H])(C)C2([2H])[2H])n(C([2H])([2H])c2ccccc2C#N)c1=O.[2H]C([2H])(c1ccccc1C#N)n1c(N2C([2H])([2H])C([2H])([2H])C([2H])([2H])[C@@]([2H])(C)C2([2H])[2H])cc(=O)n(C)c1=O.[2H]c1c([2H])c([2H])c(C([2H])([2H])n2c(N3C([2H])([2H])C([2H])([2H])C([2H])([2H])[C@@]([2H])(C)C3([2H])[2H])cc(=O)n(C([2H])([2H])[2H])c2=O)c(C#N)c1[2H].[2H]c1c([2H])c([2H])c(C([2H])([2H])n2c(N3C([2H])([2H])C([2H])([2H])C([2H])([2H])[C@@]([2H])(C)C3([2H])[2H])cc(=O)n(C)c2=O)c(C#N)c1[2H].[2H]c1c([2H])c([2H])c(Cn2c(N3C([2H])([2H])C([2H])([2H])C([2H])([2H])[C@@]([2H])(C)C3([2H])[2H])cc(=O)n(C([2H])([2H])[2H])c2=O)c(C#N)c1[2H]. The highest BCUT2D eigenvalue weighted by Gasteiger charge is 2.29. The highest BCUT2D eigenvalue weighted by molar-refractivity contribution is 5.49. The number of rotatable bonds is 15. The first-order valence-electron chi connectivity index (χ1n) is 71.9. The quantitative estimate of drug-likeness (QED) is 0.0927. The number of nitriles is 5. The van der Waals surface area contributed by atoms with Crippen LogP contribution in [-0.4, -0.2) is 111 Å². The molecule has 0 saturated carbocycles. The van der Waals surface area contributed by atoms with Crippen LogP contribution in [0, 0.1) is 86.1 Å². The van der Waals surface area contributed by atoms with Gasteiger partial charge in [0.05, 0.1) is 118 Å². The first-order chi connectivity index (χ1) is 88.5. The minimum absolute atomic E-state index is 0.0338. The fourth-order valence-electron chi connectivity index (χ4n) is 10.3. The molecule has 0 radical (unpaired) electrons. The maximum atomic E-state index is 13.7. The Morgan fingerprint density at radius 3 is 0.856 bits per heavy atom. The van der Waals surface area contributed by atoms with Gasteiger partial charge in [0.15, 0.2) is 0 Å². The molecule has 5 aliphatic rings. The molecule has 5 fully saturated rings.